The molecule has 0 saturated carbocycles. The molecular weight excluding hydrogens is 280 g/mol. The molecule has 2 aliphatic carbocycles. The van der Waals surface area contributed by atoms with Crippen molar-refractivity contribution in [1.29, 1.82) is 0 Å². The molecule has 2 aliphatic rings. The van der Waals surface area contributed by atoms with E-state index in [2.05, 4.69) is 10.4 Å². The summed E-state index contributed by atoms with van der Waals surface area (Å²) in [6.07, 6.45) is 9.22. The van der Waals surface area contributed by atoms with Crippen molar-refractivity contribution in [2.24, 2.45) is 18.7 Å². The van der Waals surface area contributed by atoms with Crippen LogP contribution in [0.5, 0.6) is 0 Å². The third kappa shape index (κ3) is 2.65. The Hall–Kier alpha value is -2.11. The summed E-state index contributed by atoms with van der Waals surface area (Å²) in [5.74, 6) is -0.843. The summed E-state index contributed by atoms with van der Waals surface area (Å²) < 4.78 is 1.67. The Morgan fingerprint density at radius 2 is 2.00 bits per heavy atom. The average Bonchev–Trinajstić information content (AvgIpc) is 2.83. The molecule has 0 saturated heterocycles. The van der Waals surface area contributed by atoms with Crippen molar-refractivity contribution in [3.8, 4) is 0 Å². The standard InChI is InChI=1S/C16H22N4O2/c1-20-14(10-6-2-5-9-13(10)19-20)16(22)18-12-8-4-3-7-11(12)15(17)21/h3-4,11-12H,2,5-9H2,1H3,(H2,17,21)(H,18,22)/t11-,12-/m1/s1. The van der Waals surface area contributed by atoms with Crippen LogP contribution < -0.4 is 11.1 Å². The molecule has 0 radical (unpaired) electrons. The largest absolute Gasteiger partial charge is 0.369 e. The molecule has 0 spiro atoms. The summed E-state index contributed by atoms with van der Waals surface area (Å²) in [7, 11) is 1.81. The zero-order valence-corrected chi connectivity index (χ0v) is 12.8. The van der Waals surface area contributed by atoms with E-state index in [-0.39, 0.29) is 23.8 Å². The van der Waals surface area contributed by atoms with Crippen molar-refractivity contribution in [3.63, 3.8) is 0 Å². The molecule has 0 fully saturated rings. The summed E-state index contributed by atoms with van der Waals surface area (Å²) in [5.41, 5.74) is 8.18. The first-order chi connectivity index (χ1) is 10.6. The highest BCUT2D eigenvalue weighted by atomic mass is 16.2. The van der Waals surface area contributed by atoms with Crippen LogP contribution in [0.15, 0.2) is 12.2 Å². The first-order valence-electron chi connectivity index (χ1n) is 7.88. The lowest BCUT2D eigenvalue weighted by molar-refractivity contribution is -0.122. The SMILES string of the molecule is Cn1nc2c(c1C(=O)N[C@@H]1CC=CC[C@H]1C(N)=O)CCCC2. The molecule has 1 aromatic rings. The smallest absolute Gasteiger partial charge is 0.270 e. The normalized spacial score (nSPS) is 23.9. The van der Waals surface area contributed by atoms with Crippen LogP contribution in [0.2, 0.25) is 0 Å². The molecule has 3 rings (SSSR count). The minimum atomic E-state index is -0.360. The lowest BCUT2D eigenvalue weighted by Crippen LogP contribution is -2.46. The maximum atomic E-state index is 12.7. The van der Waals surface area contributed by atoms with E-state index in [0.717, 1.165) is 36.9 Å². The Balaban J connectivity index is 1.81. The average molecular weight is 302 g/mol. The van der Waals surface area contributed by atoms with Gasteiger partial charge in [-0.15, -0.1) is 0 Å². The molecule has 0 unspecified atom stereocenters. The fraction of sp³-hybridized carbons (Fsp3) is 0.562. The first-order valence-corrected chi connectivity index (χ1v) is 7.88. The summed E-state index contributed by atoms with van der Waals surface area (Å²) in [6, 6.07) is -0.232. The number of nitrogens with one attached hydrogen (secondary N) is 1. The van der Waals surface area contributed by atoms with Gasteiger partial charge in [0.05, 0.1) is 11.6 Å². The van der Waals surface area contributed by atoms with E-state index in [1.165, 1.54) is 0 Å². The van der Waals surface area contributed by atoms with Crippen molar-refractivity contribution in [2.75, 3.05) is 0 Å². The molecule has 2 amide bonds. The van der Waals surface area contributed by atoms with Gasteiger partial charge in [0.25, 0.3) is 5.91 Å². The maximum Gasteiger partial charge on any atom is 0.270 e. The maximum absolute atomic E-state index is 12.7. The number of allylic oxidation sites excluding steroid dienone is 1. The van der Waals surface area contributed by atoms with Crippen molar-refractivity contribution >= 4 is 11.8 Å². The minimum absolute atomic E-state index is 0.148. The second-order valence-electron chi connectivity index (χ2n) is 6.14. The Morgan fingerprint density at radius 3 is 2.77 bits per heavy atom. The molecule has 0 bridgehead atoms. The van der Waals surface area contributed by atoms with Crippen molar-refractivity contribution in [1.82, 2.24) is 15.1 Å². The summed E-state index contributed by atoms with van der Waals surface area (Å²) in [6.45, 7) is 0. The quantitative estimate of drug-likeness (QED) is 0.811. The molecule has 118 valence electrons. The van der Waals surface area contributed by atoms with E-state index < -0.39 is 0 Å². The van der Waals surface area contributed by atoms with Gasteiger partial charge in [-0.05, 0) is 38.5 Å². The molecule has 1 aromatic heterocycles. The molecule has 6 nitrogen and oxygen atoms in total. The van der Waals surface area contributed by atoms with Gasteiger partial charge >= 0.3 is 0 Å². The molecule has 22 heavy (non-hydrogen) atoms. The number of nitrogens with two attached hydrogens (primary N) is 1. The monoisotopic (exact) mass is 302 g/mol. The summed E-state index contributed by atoms with van der Waals surface area (Å²) >= 11 is 0. The minimum Gasteiger partial charge on any atom is -0.369 e. The number of hydrogen-bond donors (Lipinski definition) is 2. The molecule has 1 heterocycles. The molecular formula is C16H22N4O2. The second-order valence-corrected chi connectivity index (χ2v) is 6.14. The Kier molecular flexibility index (Phi) is 4.00. The first kappa shape index (κ1) is 14.8. The Bertz CT molecular complexity index is 632. The van der Waals surface area contributed by atoms with Crippen LogP contribution in [0.4, 0.5) is 0 Å². The number of aromatic nitrogens is 2. The summed E-state index contributed by atoms with van der Waals surface area (Å²) in [5, 5.41) is 7.46. The fourth-order valence-corrected chi connectivity index (χ4v) is 3.49. The van der Waals surface area contributed by atoms with E-state index in [1.54, 1.807) is 11.7 Å². The van der Waals surface area contributed by atoms with Gasteiger partial charge in [0.15, 0.2) is 0 Å². The van der Waals surface area contributed by atoms with Gasteiger partial charge in [-0.25, -0.2) is 0 Å². The van der Waals surface area contributed by atoms with Crippen LogP contribution in [-0.4, -0.2) is 27.6 Å². The Labute approximate surface area is 129 Å². The third-order valence-electron chi connectivity index (χ3n) is 4.65. The number of primary amides is 1. The molecule has 0 aliphatic heterocycles. The van der Waals surface area contributed by atoms with E-state index in [1.807, 2.05) is 12.2 Å². The topological polar surface area (TPSA) is 90.0 Å². The van der Waals surface area contributed by atoms with Gasteiger partial charge in [0.2, 0.25) is 5.91 Å². The highest BCUT2D eigenvalue weighted by Crippen LogP contribution is 2.25. The van der Waals surface area contributed by atoms with Crippen LogP contribution in [-0.2, 0) is 24.7 Å². The van der Waals surface area contributed by atoms with Crippen molar-refractivity contribution in [3.05, 3.63) is 29.1 Å². The van der Waals surface area contributed by atoms with Crippen LogP contribution in [0.1, 0.15) is 47.4 Å². The highest BCUT2D eigenvalue weighted by molar-refractivity contribution is 5.95. The predicted octanol–water partition coefficient (Wildman–Crippen LogP) is 0.849. The number of amides is 2. The van der Waals surface area contributed by atoms with Gasteiger partial charge in [-0.2, -0.15) is 5.10 Å². The number of fused-ring (bicyclic) bond motifs is 1. The highest BCUT2D eigenvalue weighted by Gasteiger charge is 2.31. The second kappa shape index (κ2) is 5.94. The number of carbonyl (C=O) groups excluding carboxylic acids is 2. The van der Waals surface area contributed by atoms with Gasteiger partial charge in [-0.3, -0.25) is 14.3 Å². The zero-order chi connectivity index (χ0) is 15.7. The number of carbonyl (C=O) groups is 2. The van der Waals surface area contributed by atoms with E-state index in [0.29, 0.717) is 18.5 Å². The van der Waals surface area contributed by atoms with Crippen LogP contribution >= 0.6 is 0 Å². The molecule has 2 atom stereocenters. The molecule has 0 aromatic carbocycles. The van der Waals surface area contributed by atoms with Gasteiger partial charge < -0.3 is 11.1 Å². The Morgan fingerprint density at radius 1 is 1.27 bits per heavy atom. The van der Waals surface area contributed by atoms with Crippen molar-refractivity contribution < 1.29 is 9.59 Å². The lowest BCUT2D eigenvalue weighted by atomic mass is 9.88. The number of rotatable bonds is 3. The van der Waals surface area contributed by atoms with E-state index >= 15 is 0 Å². The molecule has 3 N–H and O–H groups in total. The van der Waals surface area contributed by atoms with Gasteiger partial charge in [-0.1, -0.05) is 12.2 Å². The van der Waals surface area contributed by atoms with Crippen LogP contribution in [0.25, 0.3) is 0 Å². The van der Waals surface area contributed by atoms with E-state index in [4.69, 9.17) is 5.73 Å². The number of aryl methyl sites for hydroxylation is 2. The number of nitrogens with zero attached hydrogens (tertiary/aromatic N) is 2. The predicted molar refractivity (Wildman–Crippen MR) is 82.2 cm³/mol. The van der Waals surface area contributed by atoms with Crippen molar-refractivity contribution in [2.45, 2.75) is 44.6 Å². The summed E-state index contributed by atoms with van der Waals surface area (Å²) in [4.78, 5) is 24.2. The van der Waals surface area contributed by atoms with Crippen LogP contribution in [0.3, 0.4) is 0 Å². The van der Waals surface area contributed by atoms with E-state index in [9.17, 15) is 9.59 Å². The third-order valence-corrected chi connectivity index (χ3v) is 4.65. The fourth-order valence-electron chi connectivity index (χ4n) is 3.49. The zero-order valence-electron chi connectivity index (χ0n) is 12.8. The van der Waals surface area contributed by atoms with Gasteiger partial charge in [0.1, 0.15) is 5.69 Å². The number of hydrogen-bond acceptors (Lipinski definition) is 3. The van der Waals surface area contributed by atoms with Gasteiger partial charge in [0, 0.05) is 18.7 Å². The van der Waals surface area contributed by atoms with Crippen LogP contribution in [0, 0.1) is 5.92 Å². The molecule has 6 heteroatoms. The lowest BCUT2D eigenvalue weighted by Gasteiger charge is -2.27.